The largest absolute Gasteiger partial charge is 0.497 e. The molecule has 5 heteroatoms. The summed E-state index contributed by atoms with van der Waals surface area (Å²) in [5.41, 5.74) is 6.47. The van der Waals surface area contributed by atoms with Gasteiger partial charge in [-0.15, -0.1) is 0 Å². The summed E-state index contributed by atoms with van der Waals surface area (Å²) in [6, 6.07) is 8.27. The number of aromatic nitrogens is 1. The molecule has 1 aromatic carbocycles. The first-order valence-electron chi connectivity index (χ1n) is 5.21. The fourth-order valence-corrected chi connectivity index (χ4v) is 1.69. The highest BCUT2D eigenvalue weighted by molar-refractivity contribution is 6.31. The minimum absolute atomic E-state index is 0.167. The molecule has 0 radical (unpaired) electrons. The molecule has 18 heavy (non-hydrogen) atoms. The van der Waals surface area contributed by atoms with Gasteiger partial charge in [-0.3, -0.25) is 4.79 Å². The highest BCUT2D eigenvalue weighted by Crippen LogP contribution is 2.20. The molecule has 0 bridgehead atoms. The molecule has 0 fully saturated rings. The lowest BCUT2D eigenvalue weighted by Crippen LogP contribution is -2.06. The van der Waals surface area contributed by atoms with Crippen LogP contribution in [0.5, 0.6) is 5.75 Å². The maximum atomic E-state index is 12.2. The van der Waals surface area contributed by atoms with Crippen molar-refractivity contribution in [2.75, 3.05) is 12.8 Å². The highest BCUT2D eigenvalue weighted by Gasteiger charge is 2.13. The predicted molar refractivity (Wildman–Crippen MR) is 70.1 cm³/mol. The van der Waals surface area contributed by atoms with Gasteiger partial charge in [-0.25, -0.2) is 4.98 Å². The minimum atomic E-state index is -0.217. The Morgan fingerprint density at radius 3 is 2.61 bits per heavy atom. The quantitative estimate of drug-likeness (QED) is 0.864. The fraction of sp³-hybridized carbons (Fsp3) is 0.0769. The first kappa shape index (κ1) is 12.4. The number of halogens is 1. The van der Waals surface area contributed by atoms with Crippen LogP contribution in [0.2, 0.25) is 5.02 Å². The van der Waals surface area contributed by atoms with Crippen molar-refractivity contribution in [3.8, 4) is 5.75 Å². The van der Waals surface area contributed by atoms with E-state index in [1.54, 1.807) is 31.4 Å². The van der Waals surface area contributed by atoms with E-state index in [9.17, 15) is 4.79 Å². The average molecular weight is 263 g/mol. The maximum absolute atomic E-state index is 12.2. The molecule has 1 heterocycles. The van der Waals surface area contributed by atoms with Crippen molar-refractivity contribution in [2.45, 2.75) is 0 Å². The van der Waals surface area contributed by atoms with Crippen LogP contribution in [0.25, 0.3) is 0 Å². The zero-order valence-electron chi connectivity index (χ0n) is 9.68. The Bertz CT molecular complexity index is 582. The van der Waals surface area contributed by atoms with Crippen molar-refractivity contribution in [3.63, 3.8) is 0 Å². The number of carbonyl (C=O) groups excluding carboxylic acids is 1. The molecule has 4 nitrogen and oxygen atoms in total. The second-order valence-corrected chi connectivity index (χ2v) is 4.08. The Labute approximate surface area is 109 Å². The molecule has 0 aliphatic heterocycles. The smallest absolute Gasteiger partial charge is 0.196 e. The number of nitrogen functional groups attached to an aromatic ring is 1. The summed E-state index contributed by atoms with van der Waals surface area (Å²) in [6.45, 7) is 0. The summed E-state index contributed by atoms with van der Waals surface area (Å²) < 4.78 is 5.03. The van der Waals surface area contributed by atoms with E-state index in [4.69, 9.17) is 22.1 Å². The SMILES string of the molecule is COc1ccc(C(=O)c2cc(Cl)cnc2N)cc1. The van der Waals surface area contributed by atoms with Crippen LogP contribution in [0.3, 0.4) is 0 Å². The van der Waals surface area contributed by atoms with E-state index in [1.807, 2.05) is 0 Å². The van der Waals surface area contributed by atoms with Crippen LogP contribution in [-0.2, 0) is 0 Å². The third kappa shape index (κ3) is 2.43. The van der Waals surface area contributed by atoms with E-state index >= 15 is 0 Å². The molecule has 2 rings (SSSR count). The number of pyridine rings is 1. The number of methoxy groups -OCH3 is 1. The molecule has 0 amide bonds. The highest BCUT2D eigenvalue weighted by atomic mass is 35.5. The van der Waals surface area contributed by atoms with Crippen LogP contribution >= 0.6 is 11.6 Å². The predicted octanol–water partition coefficient (Wildman–Crippen LogP) is 2.56. The van der Waals surface area contributed by atoms with Gasteiger partial charge < -0.3 is 10.5 Å². The van der Waals surface area contributed by atoms with Crippen LogP contribution < -0.4 is 10.5 Å². The number of hydrogen-bond donors (Lipinski definition) is 1. The standard InChI is InChI=1S/C13H11ClN2O2/c1-18-10-4-2-8(3-5-10)12(17)11-6-9(14)7-16-13(11)15/h2-7H,1H3,(H2,15,16). The Morgan fingerprint density at radius 2 is 2.00 bits per heavy atom. The van der Waals surface area contributed by atoms with Crippen molar-refractivity contribution in [1.29, 1.82) is 0 Å². The number of rotatable bonds is 3. The lowest BCUT2D eigenvalue weighted by atomic mass is 10.0. The maximum Gasteiger partial charge on any atom is 0.196 e. The summed E-state index contributed by atoms with van der Waals surface area (Å²) in [4.78, 5) is 16.1. The molecule has 92 valence electrons. The number of benzene rings is 1. The van der Waals surface area contributed by atoms with E-state index in [0.717, 1.165) is 0 Å². The van der Waals surface area contributed by atoms with Crippen LogP contribution in [0.15, 0.2) is 36.5 Å². The van der Waals surface area contributed by atoms with Gasteiger partial charge in [0.25, 0.3) is 0 Å². The zero-order valence-corrected chi connectivity index (χ0v) is 10.4. The Kier molecular flexibility index (Phi) is 3.48. The molecule has 0 saturated heterocycles. The second kappa shape index (κ2) is 5.06. The fourth-order valence-electron chi connectivity index (χ4n) is 1.53. The number of nitrogens with two attached hydrogens (primary N) is 1. The van der Waals surface area contributed by atoms with Crippen molar-refractivity contribution in [1.82, 2.24) is 4.98 Å². The molecule has 0 saturated carbocycles. The normalized spacial score (nSPS) is 10.1. The van der Waals surface area contributed by atoms with Gasteiger partial charge in [0.2, 0.25) is 0 Å². The molecular formula is C13H11ClN2O2. The van der Waals surface area contributed by atoms with Gasteiger partial charge in [0, 0.05) is 11.8 Å². The number of ketones is 1. The van der Waals surface area contributed by atoms with Crippen LogP contribution in [0, 0.1) is 0 Å². The van der Waals surface area contributed by atoms with E-state index in [1.165, 1.54) is 12.3 Å². The molecular weight excluding hydrogens is 252 g/mol. The lowest BCUT2D eigenvalue weighted by Gasteiger charge is -2.05. The number of nitrogens with zero attached hydrogens (tertiary/aromatic N) is 1. The third-order valence-corrected chi connectivity index (χ3v) is 2.69. The molecule has 0 atom stereocenters. The second-order valence-electron chi connectivity index (χ2n) is 3.64. The average Bonchev–Trinajstić information content (AvgIpc) is 2.41. The van der Waals surface area contributed by atoms with E-state index in [0.29, 0.717) is 21.9 Å². The number of ether oxygens (including phenoxy) is 1. The van der Waals surface area contributed by atoms with Gasteiger partial charge in [-0.05, 0) is 30.3 Å². The summed E-state index contributed by atoms with van der Waals surface area (Å²) >= 11 is 5.81. The van der Waals surface area contributed by atoms with Crippen molar-refractivity contribution >= 4 is 23.2 Å². The van der Waals surface area contributed by atoms with Crippen molar-refractivity contribution in [3.05, 3.63) is 52.7 Å². The van der Waals surface area contributed by atoms with Gasteiger partial charge in [0.15, 0.2) is 5.78 Å². The van der Waals surface area contributed by atoms with E-state index in [-0.39, 0.29) is 11.6 Å². The van der Waals surface area contributed by atoms with Crippen LogP contribution in [0.4, 0.5) is 5.82 Å². The van der Waals surface area contributed by atoms with E-state index < -0.39 is 0 Å². The van der Waals surface area contributed by atoms with Gasteiger partial charge in [-0.2, -0.15) is 0 Å². The number of hydrogen-bond acceptors (Lipinski definition) is 4. The molecule has 0 spiro atoms. The third-order valence-electron chi connectivity index (χ3n) is 2.48. The van der Waals surface area contributed by atoms with Crippen LogP contribution in [0.1, 0.15) is 15.9 Å². The topological polar surface area (TPSA) is 65.2 Å². The van der Waals surface area contributed by atoms with Crippen molar-refractivity contribution < 1.29 is 9.53 Å². The van der Waals surface area contributed by atoms with Gasteiger partial charge in [-0.1, -0.05) is 11.6 Å². The molecule has 0 aliphatic carbocycles. The number of carbonyl (C=O) groups is 1. The summed E-state index contributed by atoms with van der Waals surface area (Å²) in [5.74, 6) is 0.633. The summed E-state index contributed by atoms with van der Waals surface area (Å²) in [6.07, 6.45) is 1.40. The minimum Gasteiger partial charge on any atom is -0.497 e. The summed E-state index contributed by atoms with van der Waals surface area (Å²) in [5, 5.41) is 0.376. The first-order chi connectivity index (χ1) is 8.61. The molecule has 0 aliphatic rings. The van der Waals surface area contributed by atoms with Crippen molar-refractivity contribution in [2.24, 2.45) is 0 Å². The lowest BCUT2D eigenvalue weighted by molar-refractivity contribution is 0.103. The molecule has 2 aromatic rings. The van der Waals surface area contributed by atoms with Gasteiger partial charge in [0.05, 0.1) is 17.7 Å². The monoisotopic (exact) mass is 262 g/mol. The Morgan fingerprint density at radius 1 is 1.33 bits per heavy atom. The van der Waals surface area contributed by atoms with Crippen LogP contribution in [-0.4, -0.2) is 17.9 Å². The Hall–Kier alpha value is -2.07. The molecule has 1 aromatic heterocycles. The molecule has 0 unspecified atom stereocenters. The van der Waals surface area contributed by atoms with Gasteiger partial charge in [0.1, 0.15) is 11.6 Å². The molecule has 2 N–H and O–H groups in total. The zero-order chi connectivity index (χ0) is 13.1. The summed E-state index contributed by atoms with van der Waals surface area (Å²) in [7, 11) is 1.57. The van der Waals surface area contributed by atoms with E-state index in [2.05, 4.69) is 4.98 Å². The number of anilines is 1. The van der Waals surface area contributed by atoms with Gasteiger partial charge >= 0.3 is 0 Å². The first-order valence-corrected chi connectivity index (χ1v) is 5.59. The Balaban J connectivity index is 2.38.